The summed E-state index contributed by atoms with van der Waals surface area (Å²) in [6, 6.07) is 9.44. The van der Waals surface area contributed by atoms with E-state index in [0.29, 0.717) is 12.4 Å². The quantitative estimate of drug-likeness (QED) is 0.739. The van der Waals surface area contributed by atoms with E-state index in [9.17, 15) is 4.79 Å². The Bertz CT molecular complexity index is 898. The van der Waals surface area contributed by atoms with Crippen molar-refractivity contribution < 1.29 is 14.1 Å². The molecular weight excluding hydrogens is 308 g/mol. The molecule has 0 aliphatic carbocycles. The highest BCUT2D eigenvalue weighted by atomic mass is 16.5. The fourth-order valence-electron chi connectivity index (χ4n) is 3.34. The van der Waals surface area contributed by atoms with Gasteiger partial charge in [0.1, 0.15) is 5.82 Å². The molecule has 4 rings (SSSR count). The van der Waals surface area contributed by atoms with Gasteiger partial charge in [-0.1, -0.05) is 12.1 Å². The lowest BCUT2D eigenvalue weighted by Gasteiger charge is -2.23. The molecule has 124 valence electrons. The van der Waals surface area contributed by atoms with E-state index >= 15 is 0 Å². The number of aromatic nitrogens is 3. The van der Waals surface area contributed by atoms with Crippen molar-refractivity contribution in [2.45, 2.75) is 18.9 Å². The number of hydrogen-bond acceptors (Lipinski definition) is 5. The molecule has 0 radical (unpaired) electrons. The second kappa shape index (κ2) is 5.67. The summed E-state index contributed by atoms with van der Waals surface area (Å²) >= 11 is 0. The predicted octanol–water partition coefficient (Wildman–Crippen LogP) is 2.55. The van der Waals surface area contributed by atoms with Crippen molar-refractivity contribution in [2.24, 2.45) is 7.05 Å². The van der Waals surface area contributed by atoms with Gasteiger partial charge in [0.05, 0.1) is 30.3 Å². The van der Waals surface area contributed by atoms with Crippen LogP contribution in [0.25, 0.3) is 11.0 Å². The number of aryl methyl sites for hydroxylation is 1. The summed E-state index contributed by atoms with van der Waals surface area (Å²) < 4.78 is 12.2. The largest absolute Gasteiger partial charge is 0.479 e. The van der Waals surface area contributed by atoms with Crippen molar-refractivity contribution in [3.05, 3.63) is 41.9 Å². The number of imidazole rings is 1. The maximum absolute atomic E-state index is 12.8. The van der Waals surface area contributed by atoms with E-state index in [2.05, 4.69) is 9.72 Å². The first-order valence-electron chi connectivity index (χ1n) is 7.92. The molecule has 2 aromatic heterocycles. The van der Waals surface area contributed by atoms with Gasteiger partial charge in [-0.05, 0) is 30.1 Å². The lowest BCUT2D eigenvalue weighted by Crippen LogP contribution is -2.31. The van der Waals surface area contributed by atoms with E-state index in [1.54, 1.807) is 4.90 Å². The summed E-state index contributed by atoms with van der Waals surface area (Å²) in [5.41, 5.74) is 2.00. The first kappa shape index (κ1) is 14.7. The molecule has 1 unspecified atom stereocenters. The Morgan fingerprint density at radius 3 is 2.96 bits per heavy atom. The average molecular weight is 326 g/mol. The SMILES string of the molecule is COc1cc(C(=O)N2CCCC2c2nc3ccccc3n2C)on1. The number of amides is 1. The third-order valence-electron chi connectivity index (χ3n) is 4.54. The Morgan fingerprint density at radius 1 is 1.38 bits per heavy atom. The van der Waals surface area contributed by atoms with Crippen LogP contribution in [0.5, 0.6) is 5.88 Å². The predicted molar refractivity (Wildman–Crippen MR) is 86.8 cm³/mol. The lowest BCUT2D eigenvalue weighted by atomic mass is 10.2. The Kier molecular flexibility index (Phi) is 3.48. The molecule has 1 aliphatic heterocycles. The number of para-hydroxylation sites is 2. The highest BCUT2D eigenvalue weighted by Gasteiger charge is 2.35. The van der Waals surface area contributed by atoms with E-state index < -0.39 is 0 Å². The number of hydrogen-bond donors (Lipinski definition) is 0. The number of carbonyl (C=O) groups excluding carboxylic acids is 1. The molecule has 1 saturated heterocycles. The monoisotopic (exact) mass is 326 g/mol. The van der Waals surface area contributed by atoms with Crippen LogP contribution in [0.3, 0.4) is 0 Å². The summed E-state index contributed by atoms with van der Waals surface area (Å²) in [6.45, 7) is 0.676. The standard InChI is InChI=1S/C17H18N4O3/c1-20-12-7-4-3-6-11(12)18-16(20)13-8-5-9-21(13)17(22)14-10-15(23-2)19-24-14/h3-4,6-7,10,13H,5,8-9H2,1-2H3. The minimum atomic E-state index is -0.180. The first-order valence-corrected chi connectivity index (χ1v) is 7.92. The fourth-order valence-corrected chi connectivity index (χ4v) is 3.34. The van der Waals surface area contributed by atoms with Crippen molar-refractivity contribution in [3.63, 3.8) is 0 Å². The zero-order valence-electron chi connectivity index (χ0n) is 13.6. The molecule has 0 saturated carbocycles. The molecule has 3 aromatic rings. The smallest absolute Gasteiger partial charge is 0.293 e. The van der Waals surface area contributed by atoms with Crippen molar-refractivity contribution in [2.75, 3.05) is 13.7 Å². The number of ether oxygens (including phenoxy) is 1. The summed E-state index contributed by atoms with van der Waals surface area (Å²) in [4.78, 5) is 19.3. The van der Waals surface area contributed by atoms with Gasteiger partial charge in [-0.3, -0.25) is 4.79 Å². The molecule has 7 heteroatoms. The number of fused-ring (bicyclic) bond motifs is 1. The molecule has 1 atom stereocenters. The van der Waals surface area contributed by atoms with Gasteiger partial charge >= 0.3 is 0 Å². The van der Waals surface area contributed by atoms with E-state index in [4.69, 9.17) is 14.2 Å². The van der Waals surface area contributed by atoms with Crippen LogP contribution in [0.15, 0.2) is 34.9 Å². The molecule has 1 aromatic carbocycles. The highest BCUT2D eigenvalue weighted by molar-refractivity contribution is 5.92. The molecular formula is C17H18N4O3. The molecule has 24 heavy (non-hydrogen) atoms. The molecule has 1 fully saturated rings. The second-order valence-electron chi connectivity index (χ2n) is 5.91. The van der Waals surface area contributed by atoms with E-state index in [1.807, 2.05) is 31.3 Å². The zero-order chi connectivity index (χ0) is 16.7. The van der Waals surface area contributed by atoms with Crippen molar-refractivity contribution in [3.8, 4) is 5.88 Å². The second-order valence-corrected chi connectivity index (χ2v) is 5.91. The van der Waals surface area contributed by atoms with Crippen LogP contribution in [0.1, 0.15) is 35.3 Å². The lowest BCUT2D eigenvalue weighted by molar-refractivity contribution is 0.0686. The topological polar surface area (TPSA) is 73.4 Å². The van der Waals surface area contributed by atoms with E-state index in [0.717, 1.165) is 29.7 Å². The van der Waals surface area contributed by atoms with Crippen LogP contribution in [0.2, 0.25) is 0 Å². The van der Waals surface area contributed by atoms with Gasteiger partial charge in [0.25, 0.3) is 11.8 Å². The molecule has 1 aliphatic rings. The molecule has 0 spiro atoms. The van der Waals surface area contributed by atoms with Crippen molar-refractivity contribution in [1.29, 1.82) is 0 Å². The van der Waals surface area contributed by atoms with Crippen LogP contribution in [0, 0.1) is 0 Å². The number of benzene rings is 1. The summed E-state index contributed by atoms with van der Waals surface area (Å²) in [6.07, 6.45) is 1.82. The summed E-state index contributed by atoms with van der Waals surface area (Å²) in [7, 11) is 3.48. The average Bonchev–Trinajstić information content (AvgIpc) is 3.33. The maximum atomic E-state index is 12.8. The van der Waals surface area contributed by atoms with Gasteiger partial charge in [0, 0.05) is 13.6 Å². The number of nitrogens with zero attached hydrogens (tertiary/aromatic N) is 4. The van der Waals surface area contributed by atoms with Gasteiger partial charge < -0.3 is 18.7 Å². The van der Waals surface area contributed by atoms with Gasteiger partial charge in [0.15, 0.2) is 0 Å². The Morgan fingerprint density at radius 2 is 2.21 bits per heavy atom. The Balaban J connectivity index is 1.69. The van der Waals surface area contributed by atoms with Gasteiger partial charge in [0.2, 0.25) is 5.76 Å². The summed E-state index contributed by atoms with van der Waals surface area (Å²) in [5, 5.41) is 3.71. The molecule has 3 heterocycles. The van der Waals surface area contributed by atoms with Crippen LogP contribution in [0.4, 0.5) is 0 Å². The number of carbonyl (C=O) groups is 1. The normalized spacial score (nSPS) is 17.6. The van der Waals surface area contributed by atoms with Crippen molar-refractivity contribution in [1.82, 2.24) is 19.6 Å². The fraction of sp³-hybridized carbons (Fsp3) is 0.353. The first-order chi connectivity index (χ1) is 11.7. The maximum Gasteiger partial charge on any atom is 0.293 e. The molecule has 0 bridgehead atoms. The zero-order valence-corrected chi connectivity index (χ0v) is 13.6. The number of rotatable bonds is 3. The van der Waals surface area contributed by atoms with Gasteiger partial charge in [-0.2, -0.15) is 0 Å². The molecule has 1 amide bonds. The third-order valence-corrected chi connectivity index (χ3v) is 4.54. The Labute approximate surface area is 138 Å². The van der Waals surface area contributed by atoms with Crippen molar-refractivity contribution >= 4 is 16.9 Å². The minimum Gasteiger partial charge on any atom is -0.479 e. The van der Waals surface area contributed by atoms with Crippen LogP contribution < -0.4 is 4.74 Å². The molecule has 7 nitrogen and oxygen atoms in total. The number of methoxy groups -OCH3 is 1. The van der Waals surface area contributed by atoms with E-state index in [-0.39, 0.29) is 17.7 Å². The number of likely N-dealkylation sites (tertiary alicyclic amines) is 1. The van der Waals surface area contributed by atoms with Gasteiger partial charge in [-0.15, -0.1) is 0 Å². The van der Waals surface area contributed by atoms with Crippen LogP contribution in [-0.4, -0.2) is 39.2 Å². The van der Waals surface area contributed by atoms with E-state index in [1.165, 1.54) is 13.2 Å². The highest BCUT2D eigenvalue weighted by Crippen LogP contribution is 2.34. The summed E-state index contributed by atoms with van der Waals surface area (Å²) in [5.74, 6) is 1.21. The van der Waals surface area contributed by atoms with Crippen LogP contribution in [-0.2, 0) is 7.05 Å². The molecule has 0 N–H and O–H groups in total. The Hall–Kier alpha value is -2.83. The minimum absolute atomic E-state index is 0.0639. The van der Waals surface area contributed by atoms with Gasteiger partial charge in [-0.25, -0.2) is 4.98 Å². The van der Waals surface area contributed by atoms with Crippen LogP contribution >= 0.6 is 0 Å². The third kappa shape index (κ3) is 2.24.